The third kappa shape index (κ3) is 4.04. The van der Waals surface area contributed by atoms with Gasteiger partial charge in [0.2, 0.25) is 14.9 Å². The molecule has 0 aliphatic carbocycles. The highest BCUT2D eigenvalue weighted by Gasteiger charge is 2.28. The van der Waals surface area contributed by atoms with E-state index in [1.807, 2.05) is 17.9 Å². The number of benzene rings is 2. The van der Waals surface area contributed by atoms with Crippen molar-refractivity contribution in [2.45, 2.75) is 23.8 Å². The Morgan fingerprint density at radius 3 is 2.51 bits per heavy atom. The van der Waals surface area contributed by atoms with Crippen molar-refractivity contribution >= 4 is 38.0 Å². The summed E-state index contributed by atoms with van der Waals surface area (Å²) in [6.07, 6.45) is 0. The summed E-state index contributed by atoms with van der Waals surface area (Å²) in [6, 6.07) is 10.3. The molecule has 2 aromatic carbocycles. The zero-order chi connectivity index (χ0) is 24.9. The molecule has 1 aliphatic rings. The van der Waals surface area contributed by atoms with Crippen LogP contribution in [0.1, 0.15) is 11.1 Å². The molecule has 12 heteroatoms. The maximum absolute atomic E-state index is 13.4. The maximum Gasteiger partial charge on any atom is 0.317 e. The molecule has 182 valence electrons. The minimum Gasteiger partial charge on any atom is -0.480 e. The molecule has 2 N–H and O–H groups in total. The minimum absolute atomic E-state index is 0.00176. The van der Waals surface area contributed by atoms with Crippen LogP contribution in [0.25, 0.3) is 16.6 Å². The molecule has 0 radical (unpaired) electrons. The van der Waals surface area contributed by atoms with Crippen LogP contribution in [0, 0.1) is 13.8 Å². The third-order valence-electron chi connectivity index (χ3n) is 6.30. The summed E-state index contributed by atoms with van der Waals surface area (Å²) < 4.78 is 28.2. The second-order valence-corrected chi connectivity index (χ2v) is 10.6. The summed E-state index contributed by atoms with van der Waals surface area (Å²) in [4.78, 5) is 30.5. The number of hydrogen-bond donors (Lipinski definition) is 2. The molecule has 0 bridgehead atoms. The lowest BCUT2D eigenvalue weighted by Gasteiger charge is -2.35. The van der Waals surface area contributed by atoms with Crippen LogP contribution in [-0.2, 0) is 14.6 Å². The van der Waals surface area contributed by atoms with Gasteiger partial charge in [0.05, 0.1) is 22.3 Å². The van der Waals surface area contributed by atoms with Crippen LogP contribution in [0.15, 0.2) is 51.1 Å². The number of anilines is 1. The smallest absolute Gasteiger partial charge is 0.317 e. The molecule has 5 rings (SSSR count). The van der Waals surface area contributed by atoms with Gasteiger partial charge in [-0.15, -0.1) is 5.10 Å². The van der Waals surface area contributed by atoms with E-state index in [1.54, 1.807) is 31.2 Å². The largest absolute Gasteiger partial charge is 0.480 e. The van der Waals surface area contributed by atoms with E-state index in [4.69, 9.17) is 5.11 Å². The number of nitrogens with zero attached hydrogens (tertiary/aromatic N) is 5. The Morgan fingerprint density at radius 2 is 1.83 bits per heavy atom. The predicted octanol–water partition coefficient (Wildman–Crippen LogP) is 1.23. The van der Waals surface area contributed by atoms with E-state index < -0.39 is 21.4 Å². The molecule has 11 nitrogen and oxygen atoms in total. The van der Waals surface area contributed by atoms with Crippen LogP contribution in [0.3, 0.4) is 0 Å². The Labute approximate surface area is 200 Å². The number of fused-ring (bicyclic) bond motifs is 3. The first-order valence-corrected chi connectivity index (χ1v) is 12.6. The van der Waals surface area contributed by atoms with Gasteiger partial charge in [-0.2, -0.15) is 4.52 Å². The zero-order valence-corrected chi connectivity index (χ0v) is 20.0. The van der Waals surface area contributed by atoms with E-state index in [1.165, 1.54) is 10.6 Å². The summed E-state index contributed by atoms with van der Waals surface area (Å²) in [7, 11) is -4.03. The fourth-order valence-corrected chi connectivity index (χ4v) is 6.02. The van der Waals surface area contributed by atoms with Gasteiger partial charge in [0, 0.05) is 31.9 Å². The van der Waals surface area contributed by atoms with Gasteiger partial charge < -0.3 is 15.0 Å². The molecule has 35 heavy (non-hydrogen) atoms. The van der Waals surface area contributed by atoms with Crippen LogP contribution in [-0.4, -0.2) is 76.9 Å². The quantitative estimate of drug-likeness (QED) is 0.417. The van der Waals surface area contributed by atoms with Crippen LogP contribution in [0.2, 0.25) is 0 Å². The molecule has 4 aromatic rings. The van der Waals surface area contributed by atoms with E-state index in [9.17, 15) is 18.0 Å². The molecule has 1 aliphatic heterocycles. The van der Waals surface area contributed by atoms with Gasteiger partial charge in [-0.25, -0.2) is 8.42 Å². The summed E-state index contributed by atoms with van der Waals surface area (Å²) in [6.45, 7) is 6.02. The summed E-state index contributed by atoms with van der Waals surface area (Å²) in [5, 5.41) is 17.1. The van der Waals surface area contributed by atoms with Gasteiger partial charge in [-0.1, -0.05) is 22.9 Å². The van der Waals surface area contributed by atoms with E-state index >= 15 is 0 Å². The molecule has 0 amide bonds. The maximum atomic E-state index is 13.4. The van der Waals surface area contributed by atoms with E-state index in [0.29, 0.717) is 42.6 Å². The molecule has 2 aromatic heterocycles. The van der Waals surface area contributed by atoms with Crippen molar-refractivity contribution in [3.63, 3.8) is 0 Å². The molecule has 0 saturated carbocycles. The number of carbonyl (C=O) groups is 1. The Bertz CT molecular complexity index is 1630. The number of aliphatic carboxylic acids is 1. The first-order valence-electron chi connectivity index (χ1n) is 11.1. The SMILES string of the molecule is Cc1ccc(S(=O)(=O)c2nnn3c2[nH]c(=O)c2ccc(N4CCN(CC(=O)O)CC4)cc23)c(C)c1. The van der Waals surface area contributed by atoms with Crippen molar-refractivity contribution in [2.24, 2.45) is 0 Å². The number of hydrogen-bond acceptors (Lipinski definition) is 8. The van der Waals surface area contributed by atoms with Crippen molar-refractivity contribution in [3.8, 4) is 0 Å². The van der Waals surface area contributed by atoms with Gasteiger partial charge in [-0.05, 0) is 43.7 Å². The topological polar surface area (TPSA) is 141 Å². The normalized spacial score (nSPS) is 15.2. The monoisotopic (exact) mass is 496 g/mol. The molecule has 0 unspecified atom stereocenters. The van der Waals surface area contributed by atoms with E-state index in [0.717, 1.165) is 11.3 Å². The first kappa shape index (κ1) is 23.0. The molecular weight excluding hydrogens is 472 g/mol. The highest BCUT2D eigenvalue weighted by atomic mass is 32.2. The molecule has 1 fully saturated rings. The lowest BCUT2D eigenvalue weighted by Crippen LogP contribution is -2.48. The lowest BCUT2D eigenvalue weighted by molar-refractivity contribution is -0.138. The Morgan fingerprint density at radius 1 is 1.09 bits per heavy atom. The number of carboxylic acid groups (broad SMARTS) is 1. The number of aromatic amines is 1. The number of H-pyrrole nitrogens is 1. The Kier molecular flexibility index (Phi) is 5.56. The highest BCUT2D eigenvalue weighted by Crippen LogP contribution is 2.27. The minimum atomic E-state index is -4.03. The van der Waals surface area contributed by atoms with Crippen LogP contribution < -0.4 is 10.5 Å². The van der Waals surface area contributed by atoms with Gasteiger partial charge >= 0.3 is 5.97 Å². The average molecular weight is 497 g/mol. The Balaban J connectivity index is 1.57. The summed E-state index contributed by atoms with van der Waals surface area (Å²) >= 11 is 0. The number of rotatable bonds is 5. The Hall–Kier alpha value is -3.77. The highest BCUT2D eigenvalue weighted by molar-refractivity contribution is 7.91. The lowest BCUT2D eigenvalue weighted by atomic mass is 10.2. The van der Waals surface area contributed by atoms with Crippen molar-refractivity contribution in [1.82, 2.24) is 24.7 Å². The molecule has 0 atom stereocenters. The van der Waals surface area contributed by atoms with Crippen molar-refractivity contribution in [1.29, 1.82) is 0 Å². The fourth-order valence-electron chi connectivity index (χ4n) is 4.54. The second-order valence-electron chi connectivity index (χ2n) is 8.74. The van der Waals surface area contributed by atoms with Crippen LogP contribution in [0.4, 0.5) is 5.69 Å². The van der Waals surface area contributed by atoms with Gasteiger partial charge in [0.25, 0.3) is 5.56 Å². The first-order chi connectivity index (χ1) is 16.6. The second kappa shape index (κ2) is 8.47. The number of piperazine rings is 1. The van der Waals surface area contributed by atoms with Gasteiger partial charge in [-0.3, -0.25) is 14.5 Å². The standard InChI is InChI=1S/C23H24N6O5S/c1-14-3-6-19(15(2)11-14)35(33,34)23-21-24-22(32)17-5-4-16(12-18(17)29(21)26-25-23)28-9-7-27(8-10-28)13-20(30)31/h3-6,11-12H,7-10,13H2,1-2H3,(H,24,32)(H,30,31). The average Bonchev–Trinajstić information content (AvgIpc) is 3.23. The van der Waals surface area contributed by atoms with Gasteiger partial charge in [0.1, 0.15) is 0 Å². The van der Waals surface area contributed by atoms with Gasteiger partial charge in [0.15, 0.2) is 5.65 Å². The predicted molar refractivity (Wildman–Crippen MR) is 129 cm³/mol. The number of aromatic nitrogens is 4. The van der Waals surface area contributed by atoms with Crippen LogP contribution in [0.5, 0.6) is 0 Å². The molecule has 1 saturated heterocycles. The van der Waals surface area contributed by atoms with Crippen LogP contribution >= 0.6 is 0 Å². The molecule has 0 spiro atoms. The van der Waals surface area contributed by atoms with Crippen molar-refractivity contribution < 1.29 is 18.3 Å². The molecule has 3 heterocycles. The number of sulfone groups is 1. The van der Waals surface area contributed by atoms with Crippen molar-refractivity contribution in [3.05, 3.63) is 57.9 Å². The van der Waals surface area contributed by atoms with E-state index in [2.05, 4.69) is 20.2 Å². The number of carboxylic acids is 1. The summed E-state index contributed by atoms with van der Waals surface area (Å²) in [5.74, 6) is -0.858. The van der Waals surface area contributed by atoms with Crippen molar-refractivity contribution in [2.75, 3.05) is 37.6 Å². The third-order valence-corrected chi connectivity index (χ3v) is 8.12. The fraction of sp³-hybridized carbons (Fsp3) is 0.304. The summed E-state index contributed by atoms with van der Waals surface area (Å²) in [5.41, 5.74) is 2.34. The molecular formula is C23H24N6O5S. The number of nitrogens with one attached hydrogen (secondary N) is 1. The zero-order valence-electron chi connectivity index (χ0n) is 19.2. The van der Waals surface area contributed by atoms with E-state index in [-0.39, 0.29) is 22.1 Å². The number of aryl methyl sites for hydroxylation is 2.